The molecule has 1 aromatic heterocycles. The molecule has 114 valence electrons. The van der Waals surface area contributed by atoms with Crippen molar-refractivity contribution < 1.29 is 14.3 Å². The van der Waals surface area contributed by atoms with E-state index in [1.807, 2.05) is 0 Å². The highest BCUT2D eigenvalue weighted by molar-refractivity contribution is 5.94. The number of carbonyl (C=O) groups is 2. The first kappa shape index (κ1) is 15.3. The highest BCUT2D eigenvalue weighted by Gasteiger charge is 2.32. The van der Waals surface area contributed by atoms with Crippen molar-refractivity contribution in [2.75, 3.05) is 13.1 Å². The zero-order chi connectivity index (χ0) is 15.6. The van der Waals surface area contributed by atoms with Gasteiger partial charge in [0.15, 0.2) is 12.4 Å². The molecule has 1 saturated heterocycles. The number of rotatable bonds is 3. The fraction of sp³-hybridized carbons (Fsp3) is 0.533. The zero-order valence-corrected chi connectivity index (χ0v) is 12.6. The summed E-state index contributed by atoms with van der Waals surface area (Å²) >= 11 is 0. The Bertz CT molecular complexity index is 534. The fourth-order valence-corrected chi connectivity index (χ4v) is 2.43. The van der Waals surface area contributed by atoms with Crippen LogP contribution in [0, 0.1) is 10.6 Å². The van der Waals surface area contributed by atoms with Crippen LogP contribution in [-0.4, -0.2) is 35.8 Å². The predicted octanol–water partition coefficient (Wildman–Crippen LogP) is 0.697. The highest BCUT2D eigenvalue weighted by atomic mass is 16.5. The molecule has 1 aromatic rings. The second-order valence-corrected chi connectivity index (χ2v) is 6.66. The minimum Gasteiger partial charge on any atom is -0.619 e. The molecule has 0 aliphatic carbocycles. The van der Waals surface area contributed by atoms with Gasteiger partial charge in [0.1, 0.15) is 0 Å². The summed E-state index contributed by atoms with van der Waals surface area (Å²) in [5.41, 5.74) is 0.458. The second kappa shape index (κ2) is 5.71. The van der Waals surface area contributed by atoms with E-state index in [9.17, 15) is 14.8 Å². The Morgan fingerprint density at radius 3 is 2.62 bits per heavy atom. The molecule has 6 nitrogen and oxygen atoms in total. The number of hydrogen-bond donors (Lipinski definition) is 1. The number of nitrogens with zero attached hydrogens (tertiary/aromatic N) is 2. The largest absolute Gasteiger partial charge is 0.619 e. The van der Waals surface area contributed by atoms with Crippen LogP contribution in [0.25, 0.3) is 0 Å². The first-order chi connectivity index (χ1) is 9.74. The summed E-state index contributed by atoms with van der Waals surface area (Å²) in [6.45, 7) is 7.45. The molecular formula is C15H21N3O3. The molecule has 21 heavy (non-hydrogen) atoms. The highest BCUT2D eigenvalue weighted by Crippen LogP contribution is 2.20. The van der Waals surface area contributed by atoms with Gasteiger partial charge in [-0.25, -0.2) is 0 Å². The van der Waals surface area contributed by atoms with Crippen molar-refractivity contribution >= 4 is 11.8 Å². The molecule has 6 heteroatoms. The van der Waals surface area contributed by atoms with E-state index in [4.69, 9.17) is 0 Å². The van der Waals surface area contributed by atoms with Crippen LogP contribution in [0.15, 0.2) is 24.5 Å². The summed E-state index contributed by atoms with van der Waals surface area (Å²) in [5, 5.41) is 13.8. The van der Waals surface area contributed by atoms with Crippen molar-refractivity contribution in [2.45, 2.75) is 33.2 Å². The molecule has 0 unspecified atom stereocenters. The van der Waals surface area contributed by atoms with Gasteiger partial charge in [-0.1, -0.05) is 20.8 Å². The maximum atomic E-state index is 12.1. The SMILES string of the molecule is CC(C)(C)CN1C[C@@H](NC(=O)c2cc[n+]([O-])cc2)CC1=O. The van der Waals surface area contributed by atoms with E-state index < -0.39 is 0 Å². The van der Waals surface area contributed by atoms with E-state index in [0.29, 0.717) is 29.8 Å². The summed E-state index contributed by atoms with van der Waals surface area (Å²) in [6.07, 6.45) is 2.89. The van der Waals surface area contributed by atoms with Gasteiger partial charge in [0.2, 0.25) is 5.91 Å². The van der Waals surface area contributed by atoms with Gasteiger partial charge >= 0.3 is 0 Å². The first-order valence-electron chi connectivity index (χ1n) is 7.02. The molecule has 0 spiro atoms. The molecule has 2 rings (SSSR count). The van der Waals surface area contributed by atoms with Crippen LogP contribution in [0.2, 0.25) is 0 Å². The Morgan fingerprint density at radius 2 is 2.05 bits per heavy atom. The van der Waals surface area contributed by atoms with Crippen LogP contribution < -0.4 is 10.0 Å². The predicted molar refractivity (Wildman–Crippen MR) is 77.3 cm³/mol. The maximum Gasteiger partial charge on any atom is 0.252 e. The van der Waals surface area contributed by atoms with Crippen molar-refractivity contribution in [3.63, 3.8) is 0 Å². The maximum absolute atomic E-state index is 12.1. The molecule has 1 aliphatic rings. The molecule has 0 saturated carbocycles. The van der Waals surface area contributed by atoms with E-state index in [2.05, 4.69) is 26.1 Å². The minimum absolute atomic E-state index is 0.0374. The van der Waals surface area contributed by atoms with Crippen molar-refractivity contribution in [1.82, 2.24) is 10.2 Å². The quantitative estimate of drug-likeness (QED) is 0.658. The molecule has 1 aliphatic heterocycles. The van der Waals surface area contributed by atoms with Crippen LogP contribution in [0.1, 0.15) is 37.6 Å². The number of aromatic nitrogens is 1. The van der Waals surface area contributed by atoms with E-state index in [1.165, 1.54) is 24.5 Å². The van der Waals surface area contributed by atoms with Crippen molar-refractivity contribution in [2.24, 2.45) is 5.41 Å². The number of amides is 2. The number of hydrogen-bond acceptors (Lipinski definition) is 3. The van der Waals surface area contributed by atoms with Crippen molar-refractivity contribution in [1.29, 1.82) is 0 Å². The fourth-order valence-electron chi connectivity index (χ4n) is 2.43. The third-order valence-electron chi connectivity index (χ3n) is 3.28. The average molecular weight is 291 g/mol. The first-order valence-corrected chi connectivity index (χ1v) is 7.02. The van der Waals surface area contributed by atoms with Gasteiger partial charge < -0.3 is 15.4 Å². The van der Waals surface area contributed by atoms with E-state index in [1.54, 1.807) is 4.90 Å². The van der Waals surface area contributed by atoms with Crippen LogP contribution in [0.4, 0.5) is 0 Å². The monoisotopic (exact) mass is 291 g/mol. The standard InChI is InChI=1S/C15H21N3O3/c1-15(2,3)10-17-9-12(8-13(17)19)16-14(20)11-4-6-18(21)7-5-11/h4-7,12H,8-10H2,1-3H3,(H,16,20)/t12-/m0/s1. The van der Waals surface area contributed by atoms with Crippen LogP contribution in [0.5, 0.6) is 0 Å². The van der Waals surface area contributed by atoms with Gasteiger partial charge in [0.25, 0.3) is 5.91 Å². The van der Waals surface area contributed by atoms with Crippen LogP contribution in [0.3, 0.4) is 0 Å². The lowest BCUT2D eigenvalue weighted by molar-refractivity contribution is -0.605. The number of nitrogens with one attached hydrogen (secondary N) is 1. The lowest BCUT2D eigenvalue weighted by atomic mass is 9.96. The summed E-state index contributed by atoms with van der Waals surface area (Å²) in [4.78, 5) is 25.8. The van der Waals surface area contributed by atoms with Gasteiger partial charge in [-0.2, -0.15) is 4.73 Å². The van der Waals surface area contributed by atoms with Gasteiger partial charge in [0, 0.05) is 31.6 Å². The number of pyridine rings is 1. The summed E-state index contributed by atoms with van der Waals surface area (Å²) in [6, 6.07) is 2.75. The van der Waals surface area contributed by atoms with E-state index in [-0.39, 0.29) is 23.3 Å². The van der Waals surface area contributed by atoms with Crippen molar-refractivity contribution in [3.8, 4) is 0 Å². The Kier molecular flexibility index (Phi) is 4.16. The summed E-state index contributed by atoms with van der Waals surface area (Å²) < 4.78 is 0.626. The Morgan fingerprint density at radius 1 is 1.43 bits per heavy atom. The molecule has 0 bridgehead atoms. The van der Waals surface area contributed by atoms with E-state index in [0.717, 1.165) is 0 Å². The molecule has 0 radical (unpaired) electrons. The van der Waals surface area contributed by atoms with Gasteiger partial charge in [-0.05, 0) is 5.41 Å². The number of carbonyl (C=O) groups excluding carboxylic acids is 2. The van der Waals surface area contributed by atoms with Crippen LogP contribution in [-0.2, 0) is 4.79 Å². The lowest BCUT2D eigenvalue weighted by Crippen LogP contribution is -2.39. The summed E-state index contributed by atoms with van der Waals surface area (Å²) in [5.74, 6) is -0.188. The van der Waals surface area contributed by atoms with Gasteiger partial charge in [-0.3, -0.25) is 9.59 Å². The Hall–Kier alpha value is -2.11. The third kappa shape index (κ3) is 4.18. The average Bonchev–Trinajstić information content (AvgIpc) is 2.68. The smallest absolute Gasteiger partial charge is 0.252 e. The molecule has 1 N–H and O–H groups in total. The normalized spacial score (nSPS) is 18.9. The summed E-state index contributed by atoms with van der Waals surface area (Å²) in [7, 11) is 0. The van der Waals surface area contributed by atoms with Gasteiger partial charge in [0.05, 0.1) is 11.6 Å². The third-order valence-corrected chi connectivity index (χ3v) is 3.28. The number of likely N-dealkylation sites (tertiary alicyclic amines) is 1. The zero-order valence-electron chi connectivity index (χ0n) is 12.6. The van der Waals surface area contributed by atoms with Gasteiger partial charge in [-0.15, -0.1) is 0 Å². The molecule has 1 fully saturated rings. The molecule has 2 heterocycles. The molecule has 2 amide bonds. The Labute approximate surface area is 124 Å². The topological polar surface area (TPSA) is 76.3 Å². The lowest BCUT2D eigenvalue weighted by Gasteiger charge is -2.26. The van der Waals surface area contributed by atoms with E-state index >= 15 is 0 Å². The molecular weight excluding hydrogens is 270 g/mol. The Balaban J connectivity index is 1.94. The minimum atomic E-state index is -0.258. The molecule has 0 aromatic carbocycles. The van der Waals surface area contributed by atoms with Crippen LogP contribution >= 0.6 is 0 Å². The van der Waals surface area contributed by atoms with Crippen molar-refractivity contribution in [3.05, 3.63) is 35.3 Å². The second-order valence-electron chi connectivity index (χ2n) is 6.66. The molecule has 1 atom stereocenters.